The van der Waals surface area contributed by atoms with E-state index in [1.165, 1.54) is 4.57 Å². The van der Waals surface area contributed by atoms with Crippen molar-refractivity contribution in [2.75, 3.05) is 31.2 Å². The van der Waals surface area contributed by atoms with Gasteiger partial charge in [0.05, 0.1) is 23.7 Å². The Labute approximate surface area is 126 Å². The van der Waals surface area contributed by atoms with Gasteiger partial charge in [0.15, 0.2) is 0 Å². The molecule has 1 aliphatic rings. The molecule has 3 rings (SSSR count). The highest BCUT2D eigenvalue weighted by Gasteiger charge is 2.29. The largest absolute Gasteiger partial charge is 0.378 e. The Morgan fingerprint density at radius 2 is 1.95 bits per heavy atom. The normalized spacial score (nSPS) is 15.2. The Hall–Kier alpha value is -2.41. The molecule has 0 amide bonds. The molecule has 2 heterocycles. The summed E-state index contributed by atoms with van der Waals surface area (Å²) >= 11 is 0. The summed E-state index contributed by atoms with van der Waals surface area (Å²) in [7, 11) is 0. The highest BCUT2D eigenvalue weighted by Crippen LogP contribution is 2.33. The van der Waals surface area contributed by atoms with Crippen molar-refractivity contribution >= 4 is 22.3 Å². The molecule has 1 aromatic carbocycles. The maximum atomic E-state index is 12.6. The van der Waals surface area contributed by atoms with E-state index in [0.717, 1.165) is 10.9 Å². The lowest BCUT2D eigenvalue weighted by atomic mass is 10.1. The summed E-state index contributed by atoms with van der Waals surface area (Å²) < 4.78 is 6.77. The van der Waals surface area contributed by atoms with Crippen molar-refractivity contribution in [2.45, 2.75) is 13.5 Å². The van der Waals surface area contributed by atoms with E-state index < -0.39 is 10.5 Å². The van der Waals surface area contributed by atoms with Gasteiger partial charge in [0.1, 0.15) is 5.69 Å². The van der Waals surface area contributed by atoms with Crippen LogP contribution in [0.25, 0.3) is 10.9 Å². The Morgan fingerprint density at radius 1 is 1.27 bits per heavy atom. The molecule has 0 spiro atoms. The number of pyridine rings is 1. The summed E-state index contributed by atoms with van der Waals surface area (Å²) in [6.45, 7) is 4.29. The highest BCUT2D eigenvalue weighted by atomic mass is 16.6. The van der Waals surface area contributed by atoms with Crippen molar-refractivity contribution in [1.82, 2.24) is 4.57 Å². The van der Waals surface area contributed by atoms with Crippen molar-refractivity contribution in [1.29, 1.82) is 0 Å². The van der Waals surface area contributed by atoms with E-state index in [2.05, 4.69) is 0 Å². The number of aromatic nitrogens is 1. The molecule has 0 N–H and O–H groups in total. The Kier molecular flexibility index (Phi) is 3.81. The molecule has 0 atom stereocenters. The van der Waals surface area contributed by atoms with E-state index in [1.54, 1.807) is 0 Å². The lowest BCUT2D eigenvalue weighted by Gasteiger charge is -2.29. The molecular formula is C15H17N3O4. The van der Waals surface area contributed by atoms with Crippen LogP contribution in [0.15, 0.2) is 29.1 Å². The molecule has 0 radical (unpaired) electrons. The van der Waals surface area contributed by atoms with E-state index in [-0.39, 0.29) is 5.69 Å². The maximum absolute atomic E-state index is 12.6. The zero-order valence-corrected chi connectivity index (χ0v) is 12.3. The van der Waals surface area contributed by atoms with Crippen molar-refractivity contribution in [3.05, 3.63) is 44.7 Å². The summed E-state index contributed by atoms with van der Waals surface area (Å²) in [4.78, 5) is 25.4. The van der Waals surface area contributed by atoms with Gasteiger partial charge in [-0.25, -0.2) is 0 Å². The number of morpholine rings is 1. The number of rotatable bonds is 3. The minimum absolute atomic E-state index is 0.345. The summed E-state index contributed by atoms with van der Waals surface area (Å²) in [5.41, 5.74) is 0.246. The first kappa shape index (κ1) is 14.5. The number of hydrogen-bond donors (Lipinski definition) is 0. The number of ether oxygens (including phenoxy) is 1. The average Bonchev–Trinajstić information content (AvgIpc) is 2.54. The summed E-state index contributed by atoms with van der Waals surface area (Å²) in [5.74, 6) is 0. The molecular weight excluding hydrogens is 286 g/mol. The van der Waals surface area contributed by atoms with Crippen molar-refractivity contribution in [3.8, 4) is 0 Å². The predicted molar refractivity (Wildman–Crippen MR) is 83.6 cm³/mol. The van der Waals surface area contributed by atoms with Crippen LogP contribution in [0.2, 0.25) is 0 Å². The molecule has 7 nitrogen and oxygen atoms in total. The SMILES string of the molecule is CCn1c(=O)c([N+](=O)[O-])c(N2CCOCC2)c2ccccc21. The van der Waals surface area contributed by atoms with Crippen LogP contribution in [-0.4, -0.2) is 35.8 Å². The molecule has 116 valence electrons. The molecule has 0 bridgehead atoms. The standard InChI is InChI=1S/C15H17N3O4/c1-2-17-12-6-4-3-5-11(12)13(14(15(17)19)18(20)21)16-7-9-22-10-8-16/h3-6H,2,7-10H2,1H3. The topological polar surface area (TPSA) is 77.6 Å². The van der Waals surface area contributed by atoms with Crippen LogP contribution in [-0.2, 0) is 11.3 Å². The fraction of sp³-hybridized carbons (Fsp3) is 0.400. The van der Waals surface area contributed by atoms with Crippen LogP contribution < -0.4 is 10.5 Å². The molecule has 1 aromatic heterocycles. The van der Waals surface area contributed by atoms with Crippen LogP contribution in [0.1, 0.15) is 6.92 Å². The average molecular weight is 303 g/mol. The van der Waals surface area contributed by atoms with Gasteiger partial charge in [0, 0.05) is 25.0 Å². The van der Waals surface area contributed by atoms with Gasteiger partial charge in [0.25, 0.3) is 0 Å². The van der Waals surface area contributed by atoms with Crippen LogP contribution in [0.3, 0.4) is 0 Å². The predicted octanol–water partition coefficient (Wildman–Crippen LogP) is 1.77. The molecule has 0 saturated carbocycles. The van der Waals surface area contributed by atoms with Crippen molar-refractivity contribution in [3.63, 3.8) is 0 Å². The molecule has 1 fully saturated rings. The van der Waals surface area contributed by atoms with E-state index in [4.69, 9.17) is 4.74 Å². The third-order valence-electron chi connectivity index (χ3n) is 3.95. The van der Waals surface area contributed by atoms with Gasteiger partial charge in [-0.15, -0.1) is 0 Å². The minimum Gasteiger partial charge on any atom is -0.378 e. The second-order valence-corrected chi connectivity index (χ2v) is 5.12. The van der Waals surface area contributed by atoms with Crippen molar-refractivity contribution in [2.24, 2.45) is 0 Å². The van der Waals surface area contributed by atoms with Gasteiger partial charge in [-0.2, -0.15) is 0 Å². The maximum Gasteiger partial charge on any atom is 0.357 e. The van der Waals surface area contributed by atoms with Gasteiger partial charge in [-0.3, -0.25) is 14.9 Å². The monoisotopic (exact) mass is 303 g/mol. The zero-order chi connectivity index (χ0) is 15.7. The minimum atomic E-state index is -0.564. The lowest BCUT2D eigenvalue weighted by Crippen LogP contribution is -2.38. The summed E-state index contributed by atoms with van der Waals surface area (Å²) in [5, 5.41) is 12.3. The Morgan fingerprint density at radius 3 is 2.59 bits per heavy atom. The number of nitrogens with zero attached hydrogens (tertiary/aromatic N) is 3. The lowest BCUT2D eigenvalue weighted by molar-refractivity contribution is -0.385. The van der Waals surface area contributed by atoms with Crippen LogP contribution in [0.5, 0.6) is 0 Å². The number of para-hydroxylation sites is 1. The molecule has 2 aromatic rings. The number of anilines is 1. The van der Waals surface area contributed by atoms with E-state index in [9.17, 15) is 14.9 Å². The van der Waals surface area contributed by atoms with E-state index in [0.29, 0.717) is 38.5 Å². The Bertz CT molecular complexity index is 778. The van der Waals surface area contributed by atoms with Crippen molar-refractivity contribution < 1.29 is 9.66 Å². The number of fused-ring (bicyclic) bond motifs is 1. The van der Waals surface area contributed by atoms with Crippen LogP contribution >= 0.6 is 0 Å². The smallest absolute Gasteiger partial charge is 0.357 e. The van der Waals surface area contributed by atoms with Gasteiger partial charge in [0.2, 0.25) is 0 Å². The molecule has 0 aliphatic carbocycles. The second-order valence-electron chi connectivity index (χ2n) is 5.12. The Balaban J connectivity index is 2.39. The number of aryl methyl sites for hydroxylation is 1. The van der Waals surface area contributed by atoms with Gasteiger partial charge in [-0.1, -0.05) is 18.2 Å². The fourth-order valence-electron chi connectivity index (χ4n) is 2.96. The molecule has 7 heteroatoms. The number of nitro groups is 1. The van der Waals surface area contributed by atoms with Gasteiger partial charge < -0.3 is 14.2 Å². The van der Waals surface area contributed by atoms with E-state index in [1.807, 2.05) is 36.1 Å². The number of hydrogen-bond acceptors (Lipinski definition) is 5. The summed E-state index contributed by atoms with van der Waals surface area (Å²) in [6.07, 6.45) is 0. The van der Waals surface area contributed by atoms with Gasteiger partial charge in [-0.05, 0) is 13.0 Å². The fourth-order valence-corrected chi connectivity index (χ4v) is 2.96. The summed E-state index contributed by atoms with van der Waals surface area (Å²) in [6, 6.07) is 7.33. The molecule has 22 heavy (non-hydrogen) atoms. The third-order valence-corrected chi connectivity index (χ3v) is 3.95. The molecule has 1 aliphatic heterocycles. The number of benzene rings is 1. The molecule has 0 unspecified atom stereocenters. The molecule has 1 saturated heterocycles. The first-order valence-corrected chi connectivity index (χ1v) is 7.27. The van der Waals surface area contributed by atoms with Crippen LogP contribution in [0.4, 0.5) is 11.4 Å². The first-order chi connectivity index (χ1) is 10.6. The second kappa shape index (κ2) is 5.76. The third kappa shape index (κ3) is 2.23. The first-order valence-electron chi connectivity index (χ1n) is 7.27. The van der Waals surface area contributed by atoms with Crippen LogP contribution in [0, 0.1) is 10.1 Å². The zero-order valence-electron chi connectivity index (χ0n) is 12.3. The quantitative estimate of drug-likeness (QED) is 0.638. The van der Waals surface area contributed by atoms with Gasteiger partial charge >= 0.3 is 11.2 Å². The van der Waals surface area contributed by atoms with E-state index >= 15 is 0 Å². The highest BCUT2D eigenvalue weighted by molar-refractivity contribution is 5.96.